The van der Waals surface area contributed by atoms with Crippen molar-refractivity contribution in [3.63, 3.8) is 0 Å². The van der Waals surface area contributed by atoms with E-state index in [2.05, 4.69) is 0 Å². The van der Waals surface area contributed by atoms with E-state index in [1.165, 1.54) is 0 Å². The van der Waals surface area contributed by atoms with Crippen molar-refractivity contribution in [2.24, 2.45) is 17.3 Å². The molecular weight excluding hydrogens is 168 g/mol. The first-order valence-electron chi connectivity index (χ1n) is 5.03. The van der Waals surface area contributed by atoms with Crippen LogP contribution in [-0.2, 0) is 9.53 Å². The van der Waals surface area contributed by atoms with Crippen LogP contribution in [0.3, 0.4) is 0 Å². The lowest BCUT2D eigenvalue weighted by atomic mass is 9.71. The summed E-state index contributed by atoms with van der Waals surface area (Å²) < 4.78 is 5.04. The molecule has 1 N–H and O–H groups in total. The molecule has 0 amide bonds. The molecule has 2 aliphatic carbocycles. The molecule has 3 nitrogen and oxygen atoms in total. The quantitative estimate of drug-likeness (QED) is 0.561. The van der Waals surface area contributed by atoms with E-state index in [9.17, 15) is 9.90 Å². The minimum atomic E-state index is -0.173. The van der Waals surface area contributed by atoms with Crippen molar-refractivity contribution in [2.45, 2.75) is 31.8 Å². The van der Waals surface area contributed by atoms with E-state index in [4.69, 9.17) is 4.74 Å². The topological polar surface area (TPSA) is 46.5 Å². The number of cyclic esters (lactones) is 1. The zero-order chi connectivity index (χ0) is 9.05. The van der Waals surface area contributed by atoms with Crippen LogP contribution in [0.25, 0.3) is 0 Å². The molecule has 3 fully saturated rings. The maximum Gasteiger partial charge on any atom is 0.306 e. The molecule has 3 aliphatic rings. The summed E-state index contributed by atoms with van der Waals surface area (Å²) in [5, 5.41) is 9.76. The van der Waals surface area contributed by atoms with Crippen molar-refractivity contribution in [2.75, 3.05) is 6.61 Å². The molecule has 13 heavy (non-hydrogen) atoms. The van der Waals surface area contributed by atoms with Crippen molar-refractivity contribution >= 4 is 5.97 Å². The fourth-order valence-electron chi connectivity index (χ4n) is 3.65. The minimum absolute atomic E-state index is 0.0272. The molecule has 1 heterocycles. The Morgan fingerprint density at radius 2 is 2.31 bits per heavy atom. The summed E-state index contributed by atoms with van der Waals surface area (Å²) >= 11 is 0. The highest BCUT2D eigenvalue weighted by Gasteiger charge is 2.58. The van der Waals surface area contributed by atoms with Gasteiger partial charge in [0.1, 0.15) is 0 Å². The van der Waals surface area contributed by atoms with Crippen LogP contribution in [0.5, 0.6) is 0 Å². The minimum Gasteiger partial charge on any atom is -0.465 e. The standard InChI is InChI=1S/C10H14O3/c11-8-2-6-1-7(8)10(3-6)4-9(12)13-5-10/h6-8,11H,1-5H2. The van der Waals surface area contributed by atoms with Crippen LogP contribution >= 0.6 is 0 Å². The molecule has 4 unspecified atom stereocenters. The smallest absolute Gasteiger partial charge is 0.306 e. The number of aliphatic hydroxyl groups excluding tert-OH is 1. The van der Waals surface area contributed by atoms with Gasteiger partial charge in [0, 0.05) is 5.41 Å². The number of carbonyl (C=O) groups excluding carboxylic acids is 1. The predicted octanol–water partition coefficient (Wildman–Crippen LogP) is 0.711. The van der Waals surface area contributed by atoms with Crippen LogP contribution in [0.4, 0.5) is 0 Å². The third-order valence-corrected chi connectivity index (χ3v) is 4.13. The molecule has 0 aromatic heterocycles. The van der Waals surface area contributed by atoms with Gasteiger partial charge < -0.3 is 9.84 Å². The van der Waals surface area contributed by atoms with Gasteiger partial charge in [-0.25, -0.2) is 0 Å². The fourth-order valence-corrected chi connectivity index (χ4v) is 3.65. The monoisotopic (exact) mass is 182 g/mol. The van der Waals surface area contributed by atoms with E-state index in [1.807, 2.05) is 0 Å². The van der Waals surface area contributed by atoms with Crippen molar-refractivity contribution in [3.8, 4) is 0 Å². The average molecular weight is 182 g/mol. The van der Waals surface area contributed by atoms with Crippen molar-refractivity contribution < 1.29 is 14.6 Å². The number of hydrogen-bond donors (Lipinski definition) is 1. The zero-order valence-corrected chi connectivity index (χ0v) is 7.53. The molecule has 4 atom stereocenters. The number of ether oxygens (including phenoxy) is 1. The van der Waals surface area contributed by atoms with Crippen LogP contribution in [0.2, 0.25) is 0 Å². The summed E-state index contributed by atoms with van der Waals surface area (Å²) in [6.07, 6.45) is 3.53. The van der Waals surface area contributed by atoms with E-state index in [1.54, 1.807) is 0 Å². The van der Waals surface area contributed by atoms with Gasteiger partial charge in [0.15, 0.2) is 0 Å². The van der Waals surface area contributed by atoms with E-state index in [0.717, 1.165) is 19.3 Å². The summed E-state index contributed by atoms with van der Waals surface area (Å²) in [6, 6.07) is 0. The lowest BCUT2D eigenvalue weighted by molar-refractivity contribution is -0.137. The number of carbonyl (C=O) groups is 1. The van der Waals surface area contributed by atoms with Crippen LogP contribution in [0, 0.1) is 17.3 Å². The first kappa shape index (κ1) is 7.80. The summed E-state index contributed by atoms with van der Waals surface area (Å²) in [5.41, 5.74) is 0.0272. The first-order chi connectivity index (χ1) is 6.20. The Kier molecular flexibility index (Phi) is 1.36. The Hall–Kier alpha value is -0.570. The van der Waals surface area contributed by atoms with Gasteiger partial charge in [-0.3, -0.25) is 4.79 Å². The Labute approximate surface area is 77.1 Å². The number of hydrogen-bond acceptors (Lipinski definition) is 3. The first-order valence-corrected chi connectivity index (χ1v) is 5.03. The second kappa shape index (κ2) is 2.27. The van der Waals surface area contributed by atoms with Gasteiger partial charge in [-0.15, -0.1) is 0 Å². The van der Waals surface area contributed by atoms with Crippen molar-refractivity contribution in [1.82, 2.24) is 0 Å². The second-order valence-corrected chi connectivity index (χ2v) is 4.92. The normalized spacial score (nSPS) is 53.3. The Balaban J connectivity index is 1.90. The number of esters is 1. The fraction of sp³-hybridized carbons (Fsp3) is 0.900. The highest BCUT2D eigenvalue weighted by atomic mass is 16.5. The van der Waals surface area contributed by atoms with Gasteiger partial charge in [0.05, 0.1) is 19.1 Å². The highest BCUT2D eigenvalue weighted by molar-refractivity contribution is 5.72. The number of rotatable bonds is 0. The van der Waals surface area contributed by atoms with E-state index in [-0.39, 0.29) is 17.5 Å². The molecule has 3 rings (SSSR count). The van der Waals surface area contributed by atoms with Crippen LogP contribution < -0.4 is 0 Å². The molecule has 72 valence electrons. The maximum atomic E-state index is 11.1. The van der Waals surface area contributed by atoms with Gasteiger partial charge in [-0.05, 0) is 31.1 Å². The largest absolute Gasteiger partial charge is 0.465 e. The van der Waals surface area contributed by atoms with Gasteiger partial charge in [-0.1, -0.05) is 0 Å². The highest BCUT2D eigenvalue weighted by Crippen LogP contribution is 2.59. The van der Waals surface area contributed by atoms with Crippen molar-refractivity contribution in [3.05, 3.63) is 0 Å². The molecule has 3 heteroatoms. The third kappa shape index (κ3) is 0.909. The van der Waals surface area contributed by atoms with E-state index >= 15 is 0 Å². The molecule has 0 radical (unpaired) electrons. The molecular formula is C10H14O3. The van der Waals surface area contributed by atoms with Gasteiger partial charge in [-0.2, -0.15) is 0 Å². The van der Waals surface area contributed by atoms with E-state index in [0.29, 0.717) is 24.9 Å². The number of aliphatic hydroxyl groups is 1. The summed E-state index contributed by atoms with van der Waals surface area (Å²) in [4.78, 5) is 11.1. The Morgan fingerprint density at radius 1 is 1.46 bits per heavy atom. The van der Waals surface area contributed by atoms with Gasteiger partial charge >= 0.3 is 5.97 Å². The summed E-state index contributed by atoms with van der Waals surface area (Å²) in [6.45, 7) is 0.560. The Morgan fingerprint density at radius 3 is 2.85 bits per heavy atom. The second-order valence-electron chi connectivity index (χ2n) is 4.92. The molecule has 1 aliphatic heterocycles. The van der Waals surface area contributed by atoms with Gasteiger partial charge in [0.25, 0.3) is 0 Å². The van der Waals surface area contributed by atoms with Gasteiger partial charge in [0.2, 0.25) is 0 Å². The molecule has 0 aromatic carbocycles. The zero-order valence-electron chi connectivity index (χ0n) is 7.53. The Bertz CT molecular complexity index is 263. The lowest BCUT2D eigenvalue weighted by Gasteiger charge is -2.33. The predicted molar refractivity (Wildman–Crippen MR) is 44.8 cm³/mol. The van der Waals surface area contributed by atoms with Crippen LogP contribution in [-0.4, -0.2) is 23.8 Å². The maximum absolute atomic E-state index is 11.1. The molecule has 2 saturated carbocycles. The molecule has 2 bridgehead atoms. The summed E-state index contributed by atoms with van der Waals surface area (Å²) in [5.74, 6) is 0.915. The third-order valence-electron chi connectivity index (χ3n) is 4.13. The number of fused-ring (bicyclic) bond motifs is 3. The van der Waals surface area contributed by atoms with Crippen molar-refractivity contribution in [1.29, 1.82) is 0 Å². The molecule has 1 spiro atoms. The van der Waals surface area contributed by atoms with Crippen LogP contribution in [0.15, 0.2) is 0 Å². The van der Waals surface area contributed by atoms with E-state index < -0.39 is 0 Å². The van der Waals surface area contributed by atoms with Crippen LogP contribution in [0.1, 0.15) is 25.7 Å². The SMILES string of the molecule is O=C1CC2(CO1)CC1CC(O)C2C1. The average Bonchev–Trinajstić information content (AvgIpc) is 2.66. The molecule has 0 aromatic rings. The summed E-state index contributed by atoms with van der Waals surface area (Å²) in [7, 11) is 0. The molecule has 1 saturated heterocycles. The lowest BCUT2D eigenvalue weighted by Crippen LogP contribution is -2.36.